The standard InChI is InChI=1S/C32H38O9S/c1-4-42-32-29(41-31(36)24-13-9-6-10-14-24)28(38-21(3)22-16-17-22)27(40-26(34)18-15-20(2)33)25(39-32)19-37-30(35)23-11-7-5-8-12-23/h5-14,21-22,25,27-29,32H,4,15-19H2,1-3H3/t21?,25-,27-,28+,29-,32+/m1/s1. The van der Waals surface area contributed by atoms with Gasteiger partial charge in [-0.3, -0.25) is 4.79 Å². The summed E-state index contributed by atoms with van der Waals surface area (Å²) in [7, 11) is 0. The summed E-state index contributed by atoms with van der Waals surface area (Å²) in [4.78, 5) is 50.5. The van der Waals surface area contributed by atoms with Crippen molar-refractivity contribution in [2.45, 2.75) is 82.4 Å². The van der Waals surface area contributed by atoms with Crippen molar-refractivity contribution in [2.75, 3.05) is 12.4 Å². The Bertz CT molecular complexity index is 1200. The molecule has 0 radical (unpaired) electrons. The second-order valence-corrected chi connectivity index (χ2v) is 11.9. The van der Waals surface area contributed by atoms with Crippen LogP contribution in [0.4, 0.5) is 0 Å². The van der Waals surface area contributed by atoms with Crippen LogP contribution >= 0.6 is 11.8 Å². The van der Waals surface area contributed by atoms with Crippen LogP contribution in [-0.2, 0) is 33.3 Å². The number of Topliss-reactive ketones (excluding diaryl/α,β-unsaturated/α-hetero) is 1. The van der Waals surface area contributed by atoms with E-state index in [1.165, 1.54) is 18.7 Å². The van der Waals surface area contributed by atoms with Crippen LogP contribution in [0.25, 0.3) is 0 Å². The molecule has 2 fully saturated rings. The summed E-state index contributed by atoms with van der Waals surface area (Å²) < 4.78 is 30.5. The molecular formula is C32H38O9S. The molecule has 2 aromatic rings. The summed E-state index contributed by atoms with van der Waals surface area (Å²) in [6, 6.07) is 17.1. The van der Waals surface area contributed by atoms with Crippen LogP contribution in [0.15, 0.2) is 60.7 Å². The molecule has 42 heavy (non-hydrogen) atoms. The number of hydrogen-bond acceptors (Lipinski definition) is 10. The first-order chi connectivity index (χ1) is 20.3. The molecule has 0 aromatic heterocycles. The van der Waals surface area contributed by atoms with E-state index in [9.17, 15) is 19.2 Å². The van der Waals surface area contributed by atoms with Gasteiger partial charge in [0.1, 0.15) is 30.0 Å². The van der Waals surface area contributed by atoms with Crippen molar-refractivity contribution in [1.29, 1.82) is 0 Å². The van der Waals surface area contributed by atoms with Gasteiger partial charge in [-0.2, -0.15) is 0 Å². The van der Waals surface area contributed by atoms with Gasteiger partial charge < -0.3 is 28.5 Å². The molecule has 6 atom stereocenters. The highest BCUT2D eigenvalue weighted by Gasteiger charge is 2.52. The third-order valence-electron chi connectivity index (χ3n) is 7.17. The van der Waals surface area contributed by atoms with Gasteiger partial charge >= 0.3 is 17.9 Å². The van der Waals surface area contributed by atoms with Gasteiger partial charge in [0.2, 0.25) is 0 Å². The van der Waals surface area contributed by atoms with Gasteiger partial charge in [-0.1, -0.05) is 43.3 Å². The van der Waals surface area contributed by atoms with Gasteiger partial charge in [0.25, 0.3) is 0 Å². The van der Waals surface area contributed by atoms with Crippen LogP contribution in [0, 0.1) is 5.92 Å². The molecule has 1 saturated carbocycles. The smallest absolute Gasteiger partial charge is 0.338 e. The average Bonchev–Trinajstić information content (AvgIpc) is 3.85. The quantitative estimate of drug-likeness (QED) is 0.217. The van der Waals surface area contributed by atoms with Crippen molar-refractivity contribution in [2.24, 2.45) is 5.92 Å². The van der Waals surface area contributed by atoms with E-state index in [4.69, 9.17) is 23.7 Å². The van der Waals surface area contributed by atoms with Crippen molar-refractivity contribution in [3.63, 3.8) is 0 Å². The van der Waals surface area contributed by atoms with Crippen LogP contribution in [-0.4, -0.2) is 72.0 Å². The highest BCUT2D eigenvalue weighted by atomic mass is 32.2. The molecule has 0 spiro atoms. The van der Waals surface area contributed by atoms with Gasteiger partial charge in [0, 0.05) is 6.42 Å². The summed E-state index contributed by atoms with van der Waals surface area (Å²) in [5.74, 6) is -0.922. The summed E-state index contributed by atoms with van der Waals surface area (Å²) in [6.45, 7) is 5.07. The summed E-state index contributed by atoms with van der Waals surface area (Å²) in [5, 5.41) is 0. The lowest BCUT2D eigenvalue weighted by Crippen LogP contribution is -2.62. The largest absolute Gasteiger partial charge is 0.459 e. The minimum atomic E-state index is -1.07. The number of carbonyl (C=O) groups is 4. The van der Waals surface area contributed by atoms with E-state index in [0.29, 0.717) is 22.8 Å². The number of hydrogen-bond donors (Lipinski definition) is 0. The molecule has 1 aliphatic carbocycles. The SMILES string of the molecule is CCS[C@@H]1O[C@H](COC(=O)c2ccccc2)[C@@H](OC(=O)CCC(C)=O)[C@H](OC(C)C2CC2)[C@H]1OC(=O)c1ccccc1. The number of thioether (sulfide) groups is 1. The molecule has 1 aliphatic heterocycles. The summed E-state index contributed by atoms with van der Waals surface area (Å²) in [6.07, 6.45) is -2.13. The van der Waals surface area contributed by atoms with Gasteiger partial charge in [-0.05, 0) is 62.6 Å². The number of esters is 3. The molecule has 10 heteroatoms. The van der Waals surface area contributed by atoms with Crippen LogP contribution < -0.4 is 0 Å². The first-order valence-corrected chi connectivity index (χ1v) is 15.4. The summed E-state index contributed by atoms with van der Waals surface area (Å²) in [5.41, 5.74) is 0.0416. The average molecular weight is 599 g/mol. The van der Waals surface area contributed by atoms with Crippen LogP contribution in [0.5, 0.6) is 0 Å². The fraction of sp³-hybridized carbons (Fsp3) is 0.500. The van der Waals surface area contributed by atoms with Gasteiger partial charge in [0.05, 0.1) is 23.7 Å². The maximum atomic E-state index is 13.2. The van der Waals surface area contributed by atoms with Crippen LogP contribution in [0.1, 0.15) is 67.2 Å². The minimum absolute atomic E-state index is 0.0187. The fourth-order valence-corrected chi connectivity index (χ4v) is 5.68. The maximum absolute atomic E-state index is 13.2. The Morgan fingerprint density at radius 1 is 0.857 bits per heavy atom. The molecule has 2 aliphatic rings. The van der Waals surface area contributed by atoms with E-state index in [1.807, 2.05) is 13.8 Å². The molecule has 1 unspecified atom stereocenters. The number of ketones is 1. The highest BCUT2D eigenvalue weighted by molar-refractivity contribution is 7.99. The molecule has 0 bridgehead atoms. The van der Waals surface area contributed by atoms with Gasteiger partial charge in [-0.25, -0.2) is 9.59 Å². The van der Waals surface area contributed by atoms with Crippen molar-refractivity contribution in [3.8, 4) is 0 Å². The molecule has 9 nitrogen and oxygen atoms in total. The second kappa shape index (κ2) is 15.3. The van der Waals surface area contributed by atoms with Crippen LogP contribution in [0.2, 0.25) is 0 Å². The number of ether oxygens (including phenoxy) is 5. The Kier molecular flexibility index (Phi) is 11.6. The third-order valence-corrected chi connectivity index (χ3v) is 8.21. The zero-order valence-corrected chi connectivity index (χ0v) is 25.0. The second-order valence-electron chi connectivity index (χ2n) is 10.5. The maximum Gasteiger partial charge on any atom is 0.338 e. The Labute approximate surface area is 250 Å². The van der Waals surface area contributed by atoms with E-state index in [1.54, 1.807) is 60.7 Å². The number of benzene rings is 2. The molecule has 4 rings (SSSR count). The first-order valence-electron chi connectivity index (χ1n) is 14.4. The molecular weight excluding hydrogens is 560 g/mol. The van der Waals surface area contributed by atoms with E-state index in [2.05, 4.69) is 0 Å². The lowest BCUT2D eigenvalue weighted by Gasteiger charge is -2.45. The third kappa shape index (κ3) is 8.89. The van der Waals surface area contributed by atoms with E-state index in [-0.39, 0.29) is 31.3 Å². The topological polar surface area (TPSA) is 114 Å². The van der Waals surface area contributed by atoms with Gasteiger partial charge in [0.15, 0.2) is 12.2 Å². The van der Waals surface area contributed by atoms with Crippen LogP contribution in [0.3, 0.4) is 0 Å². The van der Waals surface area contributed by atoms with Crippen molar-refractivity contribution >= 4 is 35.5 Å². The van der Waals surface area contributed by atoms with E-state index < -0.39 is 47.8 Å². The number of rotatable bonds is 14. The molecule has 1 saturated heterocycles. The lowest BCUT2D eigenvalue weighted by molar-refractivity contribution is -0.241. The molecule has 0 N–H and O–H groups in total. The van der Waals surface area contributed by atoms with Crippen molar-refractivity contribution in [3.05, 3.63) is 71.8 Å². The molecule has 2 aromatic carbocycles. The Balaban J connectivity index is 1.64. The Morgan fingerprint density at radius 3 is 2.05 bits per heavy atom. The predicted molar refractivity (Wildman–Crippen MR) is 156 cm³/mol. The Hall–Kier alpha value is -3.21. The van der Waals surface area contributed by atoms with E-state index in [0.717, 1.165) is 12.8 Å². The molecule has 0 amide bonds. The first kappa shape index (κ1) is 31.7. The minimum Gasteiger partial charge on any atom is -0.459 e. The lowest BCUT2D eigenvalue weighted by atomic mass is 9.98. The highest BCUT2D eigenvalue weighted by Crippen LogP contribution is 2.39. The predicted octanol–water partition coefficient (Wildman–Crippen LogP) is 5.01. The van der Waals surface area contributed by atoms with Crippen molar-refractivity contribution in [1.82, 2.24) is 0 Å². The molecule has 226 valence electrons. The zero-order chi connectivity index (χ0) is 30.1. The molecule has 1 heterocycles. The fourth-order valence-electron chi connectivity index (χ4n) is 4.73. The normalized spacial score (nSPS) is 24.3. The van der Waals surface area contributed by atoms with Crippen molar-refractivity contribution < 1.29 is 42.9 Å². The summed E-state index contributed by atoms with van der Waals surface area (Å²) >= 11 is 1.42. The zero-order valence-electron chi connectivity index (χ0n) is 24.1. The van der Waals surface area contributed by atoms with Gasteiger partial charge in [-0.15, -0.1) is 11.8 Å². The monoisotopic (exact) mass is 598 g/mol. The Morgan fingerprint density at radius 2 is 1.48 bits per heavy atom. The number of carbonyl (C=O) groups excluding carboxylic acids is 4. The van der Waals surface area contributed by atoms with E-state index >= 15 is 0 Å².